The van der Waals surface area contributed by atoms with E-state index in [0.29, 0.717) is 18.3 Å². The molecule has 1 N–H and O–H groups in total. The van der Waals surface area contributed by atoms with E-state index < -0.39 is 0 Å². The van der Waals surface area contributed by atoms with Crippen molar-refractivity contribution in [2.24, 2.45) is 0 Å². The Hall–Kier alpha value is -2.55. The van der Waals surface area contributed by atoms with Crippen molar-refractivity contribution in [1.82, 2.24) is 19.7 Å². The fourth-order valence-electron chi connectivity index (χ4n) is 4.10. The molecule has 1 aliphatic heterocycles. The zero-order valence-corrected chi connectivity index (χ0v) is 19.5. The number of para-hydroxylation sites is 1. The molecule has 0 radical (unpaired) electrons. The van der Waals surface area contributed by atoms with Crippen LogP contribution in [0.2, 0.25) is 0 Å². The summed E-state index contributed by atoms with van der Waals surface area (Å²) in [7, 11) is 0. The molecule has 1 aliphatic rings. The molecule has 4 heterocycles. The smallest absolute Gasteiger partial charge is 0.274 e. The summed E-state index contributed by atoms with van der Waals surface area (Å²) in [5.74, 6) is -0.124. The van der Waals surface area contributed by atoms with Crippen LogP contribution in [0.5, 0.6) is 0 Å². The van der Waals surface area contributed by atoms with Gasteiger partial charge in [0.05, 0.1) is 10.2 Å². The van der Waals surface area contributed by atoms with Crippen molar-refractivity contribution in [3.05, 3.63) is 52.7 Å². The summed E-state index contributed by atoms with van der Waals surface area (Å²) in [4.78, 5) is 21.8. The lowest BCUT2D eigenvalue weighted by atomic mass is 10.0. The number of thiazole rings is 1. The van der Waals surface area contributed by atoms with Gasteiger partial charge in [0.1, 0.15) is 15.7 Å². The van der Waals surface area contributed by atoms with Crippen LogP contribution in [-0.4, -0.2) is 38.2 Å². The molecule has 0 atom stereocenters. The number of aryl methyl sites for hydroxylation is 1. The van der Waals surface area contributed by atoms with E-state index in [4.69, 9.17) is 4.98 Å². The molecule has 0 bridgehead atoms. The number of carbonyl (C=O) groups is 1. The normalized spacial score (nSPS) is 14.3. The fourth-order valence-corrected chi connectivity index (χ4v) is 6.48. The highest BCUT2D eigenvalue weighted by molar-refractivity contribution is 7.22. The Morgan fingerprint density at radius 1 is 1.23 bits per heavy atom. The van der Waals surface area contributed by atoms with Gasteiger partial charge in [0, 0.05) is 42.3 Å². The van der Waals surface area contributed by atoms with Gasteiger partial charge in [-0.05, 0) is 51.0 Å². The average Bonchev–Trinajstić information content (AvgIpc) is 3.48. The van der Waals surface area contributed by atoms with Gasteiger partial charge < -0.3 is 5.32 Å². The first-order chi connectivity index (χ1) is 15.0. The van der Waals surface area contributed by atoms with E-state index in [1.165, 1.54) is 15.1 Å². The molecule has 4 aromatic rings. The Morgan fingerprint density at radius 2 is 2.06 bits per heavy atom. The van der Waals surface area contributed by atoms with Gasteiger partial charge in [-0.1, -0.05) is 12.1 Å². The van der Waals surface area contributed by atoms with Gasteiger partial charge in [0.2, 0.25) is 0 Å². The molecule has 0 aliphatic carbocycles. The molecule has 0 spiro atoms. The molecule has 1 amide bonds. The van der Waals surface area contributed by atoms with Crippen LogP contribution in [0.25, 0.3) is 20.8 Å². The number of rotatable bonds is 5. The van der Waals surface area contributed by atoms with Gasteiger partial charge >= 0.3 is 0 Å². The maximum absolute atomic E-state index is 13.1. The number of amides is 1. The molecule has 5 rings (SSSR count). The van der Waals surface area contributed by atoms with E-state index in [2.05, 4.69) is 35.2 Å². The van der Waals surface area contributed by atoms with Crippen molar-refractivity contribution in [3.63, 3.8) is 0 Å². The van der Waals surface area contributed by atoms with Crippen LogP contribution >= 0.6 is 22.7 Å². The number of hydrogen-bond donors (Lipinski definition) is 1. The highest BCUT2D eigenvalue weighted by Crippen LogP contribution is 2.46. The average molecular weight is 452 g/mol. The lowest BCUT2D eigenvalue weighted by Gasteiger charge is -2.30. The number of benzene rings is 1. The van der Waals surface area contributed by atoms with Crippen LogP contribution in [0, 0.1) is 0 Å². The first-order valence-electron chi connectivity index (χ1n) is 10.6. The molecule has 8 heteroatoms. The second kappa shape index (κ2) is 8.18. The molecule has 0 fully saturated rings. The summed E-state index contributed by atoms with van der Waals surface area (Å²) in [6.07, 6.45) is 2.64. The standard InChI is InChI=1S/C23H25N5OS2/c1-4-28-17(9-11-24-28)21(29)26-23-20(22-25-16-7-5-6-8-18(16)30-22)15-10-12-27(14(2)3)13-19(15)31-23/h5-9,11,14H,4,10,12-13H2,1-3H3,(H,26,29). The van der Waals surface area contributed by atoms with Crippen molar-refractivity contribution >= 4 is 43.8 Å². The lowest BCUT2D eigenvalue weighted by molar-refractivity contribution is 0.101. The van der Waals surface area contributed by atoms with Crippen LogP contribution in [0.4, 0.5) is 5.00 Å². The number of nitrogens with zero attached hydrogens (tertiary/aromatic N) is 4. The molecule has 160 valence electrons. The third-order valence-corrected chi connectivity index (χ3v) is 7.99. The maximum atomic E-state index is 13.1. The van der Waals surface area contributed by atoms with Crippen molar-refractivity contribution in [2.45, 2.75) is 46.3 Å². The highest BCUT2D eigenvalue weighted by Gasteiger charge is 2.29. The zero-order valence-electron chi connectivity index (χ0n) is 17.9. The number of aromatic nitrogens is 3. The zero-order chi connectivity index (χ0) is 21.5. The summed E-state index contributed by atoms with van der Waals surface area (Å²) in [5, 5.41) is 9.32. The Kier molecular flexibility index (Phi) is 5.37. The van der Waals surface area contributed by atoms with Gasteiger partial charge in [0.15, 0.2) is 0 Å². The quantitative estimate of drug-likeness (QED) is 0.450. The number of nitrogens with one attached hydrogen (secondary N) is 1. The second-order valence-electron chi connectivity index (χ2n) is 8.00. The van der Waals surface area contributed by atoms with Crippen LogP contribution in [-0.2, 0) is 19.5 Å². The van der Waals surface area contributed by atoms with Crippen LogP contribution in [0.3, 0.4) is 0 Å². The molecular weight excluding hydrogens is 426 g/mol. The Labute approximate surface area is 189 Å². The second-order valence-corrected chi connectivity index (χ2v) is 10.1. The van der Waals surface area contributed by atoms with Gasteiger partial charge in [-0.15, -0.1) is 22.7 Å². The van der Waals surface area contributed by atoms with E-state index >= 15 is 0 Å². The minimum Gasteiger partial charge on any atom is -0.312 e. The molecule has 0 saturated heterocycles. The predicted octanol–water partition coefficient (Wildman–Crippen LogP) is 5.26. The van der Waals surface area contributed by atoms with Crippen molar-refractivity contribution in [1.29, 1.82) is 0 Å². The van der Waals surface area contributed by atoms with Gasteiger partial charge in [-0.25, -0.2) is 4.98 Å². The number of anilines is 1. The summed E-state index contributed by atoms with van der Waals surface area (Å²) in [6, 6.07) is 10.5. The largest absolute Gasteiger partial charge is 0.312 e. The Bertz CT molecular complexity index is 1220. The van der Waals surface area contributed by atoms with E-state index in [-0.39, 0.29) is 5.91 Å². The van der Waals surface area contributed by atoms with E-state index in [1.54, 1.807) is 39.6 Å². The number of carbonyl (C=O) groups excluding carboxylic acids is 1. The van der Waals surface area contributed by atoms with Gasteiger partial charge in [-0.2, -0.15) is 5.10 Å². The van der Waals surface area contributed by atoms with Crippen LogP contribution < -0.4 is 5.32 Å². The summed E-state index contributed by atoms with van der Waals surface area (Å²) in [6.45, 7) is 9.06. The molecule has 31 heavy (non-hydrogen) atoms. The highest BCUT2D eigenvalue weighted by atomic mass is 32.1. The van der Waals surface area contributed by atoms with Gasteiger partial charge in [-0.3, -0.25) is 14.4 Å². The third-order valence-electron chi connectivity index (χ3n) is 5.80. The number of thiophene rings is 1. The van der Waals surface area contributed by atoms with Crippen LogP contribution in [0.15, 0.2) is 36.5 Å². The van der Waals surface area contributed by atoms with E-state index in [1.807, 2.05) is 25.1 Å². The Morgan fingerprint density at radius 3 is 2.84 bits per heavy atom. The molecule has 1 aromatic carbocycles. The number of hydrogen-bond acceptors (Lipinski definition) is 6. The Balaban J connectivity index is 1.59. The summed E-state index contributed by atoms with van der Waals surface area (Å²) in [5.41, 5.74) is 4.01. The first kappa shape index (κ1) is 20.4. The third kappa shape index (κ3) is 3.69. The summed E-state index contributed by atoms with van der Waals surface area (Å²) < 4.78 is 2.89. The minimum absolute atomic E-state index is 0.124. The minimum atomic E-state index is -0.124. The van der Waals surface area contributed by atoms with Gasteiger partial charge in [0.25, 0.3) is 5.91 Å². The molecule has 0 saturated carbocycles. The molecular formula is C23H25N5OS2. The summed E-state index contributed by atoms with van der Waals surface area (Å²) >= 11 is 3.38. The SMILES string of the molecule is CCn1nccc1C(=O)Nc1sc2c(c1-c1nc3ccccc3s1)CCN(C(C)C)C2. The van der Waals surface area contributed by atoms with E-state index in [9.17, 15) is 4.79 Å². The van der Waals surface area contributed by atoms with Crippen LogP contribution in [0.1, 0.15) is 41.7 Å². The van der Waals surface area contributed by atoms with Crippen molar-refractivity contribution in [2.75, 3.05) is 11.9 Å². The van der Waals surface area contributed by atoms with E-state index in [0.717, 1.165) is 40.6 Å². The monoisotopic (exact) mass is 451 g/mol. The molecule has 0 unspecified atom stereocenters. The topological polar surface area (TPSA) is 63.1 Å². The predicted molar refractivity (Wildman–Crippen MR) is 128 cm³/mol. The maximum Gasteiger partial charge on any atom is 0.274 e. The first-order valence-corrected chi connectivity index (χ1v) is 12.3. The number of fused-ring (bicyclic) bond motifs is 2. The lowest BCUT2D eigenvalue weighted by Crippen LogP contribution is -2.35. The van der Waals surface area contributed by atoms with Crippen molar-refractivity contribution in [3.8, 4) is 10.6 Å². The van der Waals surface area contributed by atoms with Crippen molar-refractivity contribution < 1.29 is 4.79 Å². The molecule has 3 aromatic heterocycles. The fraction of sp³-hybridized carbons (Fsp3) is 0.348. The molecule has 6 nitrogen and oxygen atoms in total.